The van der Waals surface area contributed by atoms with Crippen molar-refractivity contribution in [3.8, 4) is 0 Å². The molecule has 17 heavy (non-hydrogen) atoms. The average molecular weight is 242 g/mol. The van der Waals surface area contributed by atoms with Gasteiger partial charge < -0.3 is 15.8 Å². The van der Waals surface area contributed by atoms with Crippen LogP contribution in [-0.2, 0) is 9.53 Å². The van der Waals surface area contributed by atoms with Crippen molar-refractivity contribution in [1.29, 1.82) is 0 Å². The zero-order chi connectivity index (χ0) is 13.1. The third-order valence-corrected chi connectivity index (χ3v) is 3.38. The Morgan fingerprint density at radius 2 is 2.24 bits per heavy atom. The summed E-state index contributed by atoms with van der Waals surface area (Å²) < 4.78 is 5.47. The molecule has 1 aliphatic rings. The molecule has 1 fully saturated rings. The first kappa shape index (κ1) is 14.5. The van der Waals surface area contributed by atoms with E-state index in [9.17, 15) is 4.79 Å². The standard InChI is InChI=1S/C13H26N2O2/c1-9(2)7-13(4,8-14)15-12(16)11-10(3)5-6-17-11/h9-11H,5-8,14H2,1-4H3,(H,15,16). The Bertz CT molecular complexity index is 268. The third kappa shape index (κ3) is 3.96. The minimum atomic E-state index is -0.322. The lowest BCUT2D eigenvalue weighted by Gasteiger charge is -2.32. The molecule has 3 atom stereocenters. The predicted molar refractivity (Wildman–Crippen MR) is 68.6 cm³/mol. The first-order valence-corrected chi connectivity index (χ1v) is 6.51. The Kier molecular flexibility index (Phi) is 4.95. The summed E-state index contributed by atoms with van der Waals surface area (Å²) in [4.78, 5) is 12.1. The predicted octanol–water partition coefficient (Wildman–Crippen LogP) is 1.29. The van der Waals surface area contributed by atoms with Gasteiger partial charge in [0, 0.05) is 18.7 Å². The Morgan fingerprint density at radius 3 is 2.65 bits per heavy atom. The Labute approximate surface area is 104 Å². The van der Waals surface area contributed by atoms with Crippen molar-refractivity contribution >= 4 is 5.91 Å². The van der Waals surface area contributed by atoms with Crippen LogP contribution in [0.2, 0.25) is 0 Å². The molecule has 4 heteroatoms. The van der Waals surface area contributed by atoms with Crippen molar-refractivity contribution in [1.82, 2.24) is 5.32 Å². The number of hydrogen-bond donors (Lipinski definition) is 2. The Morgan fingerprint density at radius 1 is 1.59 bits per heavy atom. The van der Waals surface area contributed by atoms with E-state index < -0.39 is 0 Å². The summed E-state index contributed by atoms with van der Waals surface area (Å²) >= 11 is 0. The number of hydrogen-bond acceptors (Lipinski definition) is 3. The maximum atomic E-state index is 12.1. The summed E-state index contributed by atoms with van der Waals surface area (Å²) in [5, 5.41) is 3.06. The summed E-state index contributed by atoms with van der Waals surface area (Å²) in [5.41, 5.74) is 5.46. The quantitative estimate of drug-likeness (QED) is 0.763. The molecule has 1 saturated heterocycles. The van der Waals surface area contributed by atoms with Crippen LogP contribution in [0.5, 0.6) is 0 Å². The van der Waals surface area contributed by atoms with E-state index in [1.165, 1.54) is 0 Å². The minimum absolute atomic E-state index is 0.0106. The van der Waals surface area contributed by atoms with E-state index in [0.717, 1.165) is 12.8 Å². The van der Waals surface area contributed by atoms with E-state index in [2.05, 4.69) is 26.1 Å². The molecule has 0 aliphatic carbocycles. The fourth-order valence-corrected chi connectivity index (χ4v) is 2.49. The molecule has 0 saturated carbocycles. The zero-order valence-electron chi connectivity index (χ0n) is 11.5. The highest BCUT2D eigenvalue weighted by atomic mass is 16.5. The van der Waals surface area contributed by atoms with Crippen LogP contribution in [0, 0.1) is 11.8 Å². The van der Waals surface area contributed by atoms with Gasteiger partial charge in [0.1, 0.15) is 6.10 Å². The molecule has 100 valence electrons. The highest BCUT2D eigenvalue weighted by Crippen LogP contribution is 2.22. The molecule has 1 amide bonds. The molecule has 0 radical (unpaired) electrons. The second-order valence-electron chi connectivity index (χ2n) is 5.91. The van der Waals surface area contributed by atoms with Crippen molar-refractivity contribution in [2.45, 2.75) is 52.2 Å². The molecule has 3 N–H and O–H groups in total. The summed E-state index contributed by atoms with van der Waals surface area (Å²) in [6, 6.07) is 0. The molecular weight excluding hydrogens is 216 g/mol. The van der Waals surface area contributed by atoms with Crippen molar-refractivity contribution < 1.29 is 9.53 Å². The Hall–Kier alpha value is -0.610. The van der Waals surface area contributed by atoms with Gasteiger partial charge in [-0.3, -0.25) is 4.79 Å². The Balaban J connectivity index is 2.58. The first-order valence-electron chi connectivity index (χ1n) is 6.51. The van der Waals surface area contributed by atoms with Gasteiger partial charge in [-0.15, -0.1) is 0 Å². The van der Waals surface area contributed by atoms with Gasteiger partial charge in [-0.2, -0.15) is 0 Å². The van der Waals surface area contributed by atoms with Crippen LogP contribution in [0.4, 0.5) is 0 Å². The lowest BCUT2D eigenvalue weighted by molar-refractivity contribution is -0.133. The normalized spacial score (nSPS) is 28.1. The molecule has 4 nitrogen and oxygen atoms in total. The lowest BCUT2D eigenvalue weighted by atomic mass is 9.90. The van der Waals surface area contributed by atoms with Crippen LogP contribution in [0.15, 0.2) is 0 Å². The molecule has 1 rings (SSSR count). The van der Waals surface area contributed by atoms with Crippen molar-refractivity contribution in [2.24, 2.45) is 17.6 Å². The second kappa shape index (κ2) is 5.83. The number of carbonyl (C=O) groups is 1. The minimum Gasteiger partial charge on any atom is -0.368 e. The van der Waals surface area contributed by atoms with Gasteiger partial charge in [-0.25, -0.2) is 0 Å². The maximum absolute atomic E-state index is 12.1. The van der Waals surface area contributed by atoms with E-state index in [1.54, 1.807) is 0 Å². The van der Waals surface area contributed by atoms with Crippen LogP contribution in [-0.4, -0.2) is 30.7 Å². The van der Waals surface area contributed by atoms with Crippen LogP contribution >= 0.6 is 0 Å². The molecule has 1 heterocycles. The van der Waals surface area contributed by atoms with Crippen molar-refractivity contribution in [3.63, 3.8) is 0 Å². The second-order valence-corrected chi connectivity index (χ2v) is 5.91. The number of amides is 1. The maximum Gasteiger partial charge on any atom is 0.249 e. The average Bonchev–Trinajstić information content (AvgIpc) is 2.63. The smallest absolute Gasteiger partial charge is 0.249 e. The molecule has 1 aliphatic heterocycles. The van der Waals surface area contributed by atoms with E-state index in [4.69, 9.17) is 10.5 Å². The van der Waals surface area contributed by atoms with Gasteiger partial charge in [-0.1, -0.05) is 20.8 Å². The third-order valence-electron chi connectivity index (χ3n) is 3.38. The number of carbonyl (C=O) groups excluding carboxylic acids is 1. The van der Waals surface area contributed by atoms with E-state index >= 15 is 0 Å². The molecule has 0 aromatic rings. The van der Waals surface area contributed by atoms with Crippen LogP contribution in [0.1, 0.15) is 40.5 Å². The van der Waals surface area contributed by atoms with Crippen LogP contribution in [0.3, 0.4) is 0 Å². The van der Waals surface area contributed by atoms with Gasteiger partial charge in [0.25, 0.3) is 0 Å². The van der Waals surface area contributed by atoms with Crippen LogP contribution in [0.25, 0.3) is 0 Å². The highest BCUT2D eigenvalue weighted by Gasteiger charge is 2.35. The number of nitrogens with two attached hydrogens (primary N) is 1. The number of nitrogens with one attached hydrogen (secondary N) is 1. The largest absolute Gasteiger partial charge is 0.368 e. The lowest BCUT2D eigenvalue weighted by Crippen LogP contribution is -2.55. The van der Waals surface area contributed by atoms with Gasteiger partial charge >= 0.3 is 0 Å². The SMILES string of the molecule is CC(C)CC(C)(CN)NC(=O)C1OCCC1C. The molecule has 0 aromatic heterocycles. The van der Waals surface area contributed by atoms with E-state index in [-0.39, 0.29) is 17.6 Å². The fraction of sp³-hybridized carbons (Fsp3) is 0.923. The monoisotopic (exact) mass is 242 g/mol. The van der Waals surface area contributed by atoms with Gasteiger partial charge in [0.05, 0.1) is 0 Å². The number of rotatable bonds is 5. The van der Waals surface area contributed by atoms with Crippen molar-refractivity contribution in [2.75, 3.05) is 13.2 Å². The van der Waals surface area contributed by atoms with Gasteiger partial charge in [0.15, 0.2) is 0 Å². The summed E-state index contributed by atoms with van der Waals surface area (Å²) in [7, 11) is 0. The molecular formula is C13H26N2O2. The van der Waals surface area contributed by atoms with Crippen molar-refractivity contribution in [3.05, 3.63) is 0 Å². The van der Waals surface area contributed by atoms with Gasteiger partial charge in [-0.05, 0) is 31.6 Å². The summed E-state index contributed by atoms with van der Waals surface area (Å²) in [6.07, 6.45) is 1.55. The number of ether oxygens (including phenoxy) is 1. The summed E-state index contributed by atoms with van der Waals surface area (Å²) in [6.45, 7) is 9.47. The topological polar surface area (TPSA) is 64.3 Å². The summed E-state index contributed by atoms with van der Waals surface area (Å²) in [5.74, 6) is 0.797. The molecule has 0 aromatic carbocycles. The zero-order valence-corrected chi connectivity index (χ0v) is 11.5. The first-order chi connectivity index (χ1) is 7.88. The molecule has 0 spiro atoms. The van der Waals surface area contributed by atoms with Gasteiger partial charge in [0.2, 0.25) is 5.91 Å². The van der Waals surface area contributed by atoms with E-state index in [0.29, 0.717) is 25.0 Å². The van der Waals surface area contributed by atoms with E-state index in [1.807, 2.05) is 6.92 Å². The molecule has 3 unspecified atom stereocenters. The molecule has 0 bridgehead atoms. The van der Waals surface area contributed by atoms with Crippen LogP contribution < -0.4 is 11.1 Å². The fourth-order valence-electron chi connectivity index (χ4n) is 2.49. The highest BCUT2D eigenvalue weighted by molar-refractivity contribution is 5.82.